The van der Waals surface area contributed by atoms with E-state index in [2.05, 4.69) is 35.6 Å². The number of guanidine groups is 1. The molecule has 0 radical (unpaired) electrons. The van der Waals surface area contributed by atoms with Gasteiger partial charge in [0.2, 0.25) is 5.96 Å². The zero-order chi connectivity index (χ0) is 15.6. The van der Waals surface area contributed by atoms with Gasteiger partial charge in [-0.05, 0) is 6.92 Å². The van der Waals surface area contributed by atoms with Crippen molar-refractivity contribution in [3.8, 4) is 6.19 Å². The van der Waals surface area contributed by atoms with Crippen LogP contribution in [0.2, 0.25) is 0 Å². The monoisotopic (exact) mass is 318 g/mol. The second-order valence-corrected chi connectivity index (χ2v) is 5.50. The van der Waals surface area contributed by atoms with Crippen molar-refractivity contribution in [2.45, 2.75) is 19.2 Å². The molecule has 116 valence electrons. The lowest BCUT2D eigenvalue weighted by atomic mass is 10.4. The van der Waals surface area contributed by atoms with Crippen LogP contribution in [0.25, 0.3) is 0 Å². The lowest BCUT2D eigenvalue weighted by Crippen LogP contribution is -2.36. The van der Waals surface area contributed by atoms with E-state index in [0.717, 1.165) is 28.7 Å². The van der Waals surface area contributed by atoms with Gasteiger partial charge in [0.1, 0.15) is 12.4 Å². The summed E-state index contributed by atoms with van der Waals surface area (Å²) in [6.07, 6.45) is 6.99. The molecular weight excluding hydrogens is 300 g/mol. The number of aliphatic imine (C=N–C) groups is 1. The van der Waals surface area contributed by atoms with Gasteiger partial charge in [-0.15, -0.1) is 0 Å². The highest BCUT2D eigenvalue weighted by atomic mass is 32.2. The summed E-state index contributed by atoms with van der Waals surface area (Å²) in [7, 11) is 0. The molecule has 8 nitrogen and oxygen atoms in total. The highest BCUT2D eigenvalue weighted by Crippen LogP contribution is 2.11. The summed E-state index contributed by atoms with van der Waals surface area (Å²) in [5.41, 5.74) is 2.18. The molecule has 0 spiro atoms. The van der Waals surface area contributed by atoms with Crippen LogP contribution in [0.5, 0.6) is 0 Å². The number of nitrogens with one attached hydrogen (secondary N) is 4. The summed E-state index contributed by atoms with van der Waals surface area (Å²) >= 11 is 1.77. The van der Waals surface area contributed by atoms with Gasteiger partial charge in [-0.2, -0.15) is 17.0 Å². The Morgan fingerprint density at radius 1 is 1.45 bits per heavy atom. The van der Waals surface area contributed by atoms with Gasteiger partial charge in [0.15, 0.2) is 6.19 Å². The van der Waals surface area contributed by atoms with E-state index in [1.165, 1.54) is 0 Å². The van der Waals surface area contributed by atoms with E-state index in [1.54, 1.807) is 30.5 Å². The predicted octanol–water partition coefficient (Wildman–Crippen LogP) is 0.891. The van der Waals surface area contributed by atoms with Gasteiger partial charge in [-0.25, -0.2) is 15.0 Å². The average molecular weight is 318 g/mol. The molecule has 2 aromatic rings. The Balaban J connectivity index is 1.69. The SMILES string of the molecule is Cc1[nH]cnc1CSCCNC(=NCc1ncc[nH]1)NC#N. The molecule has 0 saturated heterocycles. The third-order valence-electron chi connectivity index (χ3n) is 2.83. The molecule has 0 aromatic carbocycles. The van der Waals surface area contributed by atoms with Crippen molar-refractivity contribution >= 4 is 17.7 Å². The van der Waals surface area contributed by atoms with Gasteiger partial charge >= 0.3 is 0 Å². The van der Waals surface area contributed by atoms with Gasteiger partial charge in [0.25, 0.3) is 0 Å². The zero-order valence-electron chi connectivity index (χ0n) is 12.3. The summed E-state index contributed by atoms with van der Waals surface area (Å²) in [4.78, 5) is 18.6. The Bertz CT molecular complexity index is 625. The fourth-order valence-electron chi connectivity index (χ4n) is 1.67. The van der Waals surface area contributed by atoms with E-state index in [0.29, 0.717) is 19.0 Å². The van der Waals surface area contributed by atoms with Crippen LogP contribution in [0.4, 0.5) is 0 Å². The number of hydrogen-bond acceptors (Lipinski definition) is 5. The first kappa shape index (κ1) is 15.9. The quantitative estimate of drug-likeness (QED) is 0.198. The number of H-pyrrole nitrogens is 2. The van der Waals surface area contributed by atoms with Crippen molar-refractivity contribution in [2.24, 2.45) is 4.99 Å². The fourth-order valence-corrected chi connectivity index (χ4v) is 2.55. The maximum atomic E-state index is 8.73. The van der Waals surface area contributed by atoms with Gasteiger partial charge in [-0.3, -0.25) is 5.32 Å². The maximum Gasteiger partial charge on any atom is 0.205 e. The largest absolute Gasteiger partial charge is 0.355 e. The molecule has 0 amide bonds. The van der Waals surface area contributed by atoms with Crippen LogP contribution in [0, 0.1) is 18.4 Å². The molecule has 2 rings (SSSR count). The smallest absolute Gasteiger partial charge is 0.205 e. The summed E-state index contributed by atoms with van der Waals surface area (Å²) in [6.45, 7) is 3.11. The first-order valence-electron chi connectivity index (χ1n) is 6.78. The van der Waals surface area contributed by atoms with E-state index >= 15 is 0 Å². The lowest BCUT2D eigenvalue weighted by Gasteiger charge is -2.07. The average Bonchev–Trinajstić information content (AvgIpc) is 3.16. The molecule has 0 bridgehead atoms. The molecule has 0 aliphatic carbocycles. The topological polar surface area (TPSA) is 118 Å². The minimum atomic E-state index is 0.392. The van der Waals surface area contributed by atoms with E-state index in [9.17, 15) is 0 Å². The van der Waals surface area contributed by atoms with Gasteiger partial charge in [0.05, 0.1) is 12.0 Å². The van der Waals surface area contributed by atoms with Crippen LogP contribution >= 0.6 is 11.8 Å². The molecular formula is C13H18N8S. The van der Waals surface area contributed by atoms with E-state index in [4.69, 9.17) is 5.26 Å². The molecule has 0 saturated carbocycles. The van der Waals surface area contributed by atoms with Gasteiger partial charge in [-0.1, -0.05) is 0 Å². The Morgan fingerprint density at radius 3 is 3.05 bits per heavy atom. The molecule has 0 atom stereocenters. The van der Waals surface area contributed by atoms with E-state index < -0.39 is 0 Å². The van der Waals surface area contributed by atoms with E-state index in [1.807, 2.05) is 13.1 Å². The molecule has 4 N–H and O–H groups in total. The third kappa shape index (κ3) is 5.14. The van der Waals surface area contributed by atoms with Crippen LogP contribution in [0.3, 0.4) is 0 Å². The maximum absolute atomic E-state index is 8.73. The number of aryl methyl sites for hydroxylation is 1. The zero-order valence-corrected chi connectivity index (χ0v) is 13.1. The first-order chi connectivity index (χ1) is 10.8. The number of imidazole rings is 2. The van der Waals surface area contributed by atoms with Crippen LogP contribution < -0.4 is 10.6 Å². The second-order valence-electron chi connectivity index (χ2n) is 4.39. The molecule has 2 aromatic heterocycles. The second kappa shape index (κ2) is 8.74. The summed E-state index contributed by atoms with van der Waals surface area (Å²) in [6, 6.07) is 0. The summed E-state index contributed by atoms with van der Waals surface area (Å²) in [5, 5.41) is 14.4. The van der Waals surface area contributed by atoms with Crippen molar-refractivity contribution in [3.63, 3.8) is 0 Å². The number of nitrogens with zero attached hydrogens (tertiary/aromatic N) is 4. The van der Waals surface area contributed by atoms with Gasteiger partial charge in [0, 0.05) is 36.1 Å². The van der Waals surface area contributed by atoms with Crippen LogP contribution in [0.1, 0.15) is 17.2 Å². The Labute approximate surface area is 132 Å². The molecule has 0 fully saturated rings. The standard InChI is InChI=1S/C13H18N8S/c1-10-11(21-9-20-10)7-22-5-4-17-13(19-8-14)18-6-12-15-2-3-16-12/h2-3,9H,4-7H2,1H3,(H,15,16)(H,20,21)(H2,17,18,19). The minimum absolute atomic E-state index is 0.392. The van der Waals surface area contributed by atoms with Crippen LogP contribution in [-0.2, 0) is 12.3 Å². The summed E-state index contributed by atoms with van der Waals surface area (Å²) < 4.78 is 0. The number of aromatic amines is 2. The van der Waals surface area contributed by atoms with E-state index in [-0.39, 0.29) is 0 Å². The number of aromatic nitrogens is 4. The highest BCUT2D eigenvalue weighted by molar-refractivity contribution is 7.98. The number of nitriles is 1. The number of hydrogen-bond donors (Lipinski definition) is 4. The van der Waals surface area contributed by atoms with Crippen molar-refractivity contribution in [3.05, 3.63) is 35.9 Å². The molecule has 22 heavy (non-hydrogen) atoms. The van der Waals surface area contributed by atoms with Crippen LogP contribution in [0.15, 0.2) is 23.7 Å². The van der Waals surface area contributed by atoms with Crippen molar-refractivity contribution in [1.29, 1.82) is 5.26 Å². The van der Waals surface area contributed by atoms with Crippen LogP contribution in [-0.4, -0.2) is 38.2 Å². The molecule has 0 unspecified atom stereocenters. The van der Waals surface area contributed by atoms with Crippen molar-refractivity contribution in [2.75, 3.05) is 12.3 Å². The molecule has 0 aliphatic heterocycles. The number of rotatable bonds is 7. The highest BCUT2D eigenvalue weighted by Gasteiger charge is 2.02. The van der Waals surface area contributed by atoms with Gasteiger partial charge < -0.3 is 15.3 Å². The minimum Gasteiger partial charge on any atom is -0.355 e. The molecule has 2 heterocycles. The molecule has 0 aliphatic rings. The molecule has 9 heteroatoms. The predicted molar refractivity (Wildman–Crippen MR) is 86.0 cm³/mol. The van der Waals surface area contributed by atoms with Crippen molar-refractivity contribution in [1.82, 2.24) is 30.6 Å². The summed E-state index contributed by atoms with van der Waals surface area (Å²) in [5.74, 6) is 2.96. The Hall–Kier alpha value is -2.47. The van der Waals surface area contributed by atoms with Crippen molar-refractivity contribution < 1.29 is 0 Å². The fraction of sp³-hybridized carbons (Fsp3) is 0.385. The normalized spacial score (nSPS) is 11.2. The Kier molecular flexibility index (Phi) is 6.32. The first-order valence-corrected chi connectivity index (χ1v) is 7.93. The lowest BCUT2D eigenvalue weighted by molar-refractivity contribution is 0.880. The Morgan fingerprint density at radius 2 is 2.36 bits per heavy atom. The third-order valence-corrected chi connectivity index (χ3v) is 3.80. The number of thioether (sulfide) groups is 1.